The summed E-state index contributed by atoms with van der Waals surface area (Å²) in [6.07, 6.45) is 15.4. The van der Waals surface area contributed by atoms with Crippen LogP contribution in [-0.2, 0) is 6.42 Å². The Labute approximate surface area is 131 Å². The molecule has 1 rings (SSSR count). The quantitative estimate of drug-likeness (QED) is 0.354. The van der Waals surface area contributed by atoms with E-state index in [0.29, 0.717) is 0 Å². The second-order valence-electron chi connectivity index (χ2n) is 6.24. The van der Waals surface area contributed by atoms with Crippen LogP contribution in [0, 0.1) is 0 Å². The molecular formula is C19H34S. The van der Waals surface area contributed by atoms with Gasteiger partial charge in [0.1, 0.15) is 0 Å². The zero-order valence-corrected chi connectivity index (χ0v) is 14.7. The minimum absolute atomic E-state index is 0.745. The molecule has 0 aliphatic rings. The van der Waals surface area contributed by atoms with Crippen LogP contribution in [0.1, 0.15) is 102 Å². The molecule has 1 aromatic heterocycles. The first-order valence-corrected chi connectivity index (χ1v) is 9.78. The molecule has 1 heterocycles. The maximum Gasteiger partial charge on any atom is -0.00557 e. The van der Waals surface area contributed by atoms with E-state index in [9.17, 15) is 0 Å². The van der Waals surface area contributed by atoms with E-state index < -0.39 is 0 Å². The van der Waals surface area contributed by atoms with Gasteiger partial charge >= 0.3 is 0 Å². The fraction of sp³-hybridized carbons (Fsp3) is 0.789. The highest BCUT2D eigenvalue weighted by Crippen LogP contribution is 2.27. The molecule has 0 aliphatic heterocycles. The average Bonchev–Trinajstić information content (AvgIpc) is 2.93. The van der Waals surface area contributed by atoms with E-state index in [-0.39, 0.29) is 0 Å². The van der Waals surface area contributed by atoms with Crippen molar-refractivity contribution < 1.29 is 0 Å². The second-order valence-corrected chi connectivity index (χ2v) is 6.98. The zero-order chi connectivity index (χ0) is 14.6. The third kappa shape index (κ3) is 6.92. The van der Waals surface area contributed by atoms with Crippen LogP contribution in [0.4, 0.5) is 0 Å². The highest BCUT2D eigenvalue weighted by molar-refractivity contribution is 7.08. The molecular weight excluding hydrogens is 260 g/mol. The average molecular weight is 295 g/mol. The molecule has 0 N–H and O–H groups in total. The molecule has 0 amide bonds. The van der Waals surface area contributed by atoms with Crippen LogP contribution in [-0.4, -0.2) is 0 Å². The van der Waals surface area contributed by atoms with Crippen molar-refractivity contribution in [1.29, 1.82) is 0 Å². The monoisotopic (exact) mass is 294 g/mol. The molecule has 0 aromatic carbocycles. The summed E-state index contributed by atoms with van der Waals surface area (Å²) in [6, 6.07) is 0. The number of rotatable bonds is 12. The second kappa shape index (κ2) is 11.4. The molecule has 0 saturated carbocycles. The van der Waals surface area contributed by atoms with E-state index in [1.54, 1.807) is 11.1 Å². The molecule has 0 nitrogen and oxygen atoms in total. The van der Waals surface area contributed by atoms with E-state index in [1.165, 1.54) is 70.6 Å². The van der Waals surface area contributed by atoms with Crippen LogP contribution in [0.15, 0.2) is 10.8 Å². The predicted octanol–water partition coefficient (Wildman–Crippen LogP) is 7.33. The van der Waals surface area contributed by atoms with Gasteiger partial charge in [0.2, 0.25) is 0 Å². The fourth-order valence-corrected chi connectivity index (χ4v) is 3.83. The minimum atomic E-state index is 0.745. The van der Waals surface area contributed by atoms with E-state index in [4.69, 9.17) is 0 Å². The van der Waals surface area contributed by atoms with Crippen molar-refractivity contribution >= 4 is 11.3 Å². The maximum absolute atomic E-state index is 2.38. The Morgan fingerprint density at radius 2 is 1.45 bits per heavy atom. The first-order chi connectivity index (χ1) is 9.79. The third-order valence-electron chi connectivity index (χ3n) is 4.47. The molecule has 0 fully saturated rings. The van der Waals surface area contributed by atoms with Gasteiger partial charge in [0.15, 0.2) is 0 Å². The van der Waals surface area contributed by atoms with Gasteiger partial charge in [0.05, 0.1) is 0 Å². The van der Waals surface area contributed by atoms with Crippen molar-refractivity contribution in [2.24, 2.45) is 0 Å². The summed E-state index contributed by atoms with van der Waals surface area (Å²) in [5, 5.41) is 4.75. The smallest absolute Gasteiger partial charge is 0.00557 e. The van der Waals surface area contributed by atoms with Crippen molar-refractivity contribution in [2.75, 3.05) is 0 Å². The first kappa shape index (κ1) is 17.8. The summed E-state index contributed by atoms with van der Waals surface area (Å²) < 4.78 is 0. The molecule has 0 aliphatic carbocycles. The molecule has 1 heteroatoms. The molecule has 0 radical (unpaired) electrons. The van der Waals surface area contributed by atoms with Crippen molar-refractivity contribution in [3.8, 4) is 0 Å². The van der Waals surface area contributed by atoms with Gasteiger partial charge in [-0.2, -0.15) is 11.3 Å². The van der Waals surface area contributed by atoms with Gasteiger partial charge in [-0.25, -0.2) is 0 Å². The van der Waals surface area contributed by atoms with Crippen LogP contribution in [0.5, 0.6) is 0 Å². The van der Waals surface area contributed by atoms with Crippen molar-refractivity contribution in [2.45, 2.75) is 97.3 Å². The molecule has 0 bridgehead atoms. The standard InChI is InChI=1S/C19H34S/c1-4-6-7-8-9-10-11-12-13-14-18-15-20-16-19(18)17(3)5-2/h15-17H,4-14H2,1-3H3. The number of thiophene rings is 1. The summed E-state index contributed by atoms with van der Waals surface area (Å²) in [5.41, 5.74) is 3.25. The van der Waals surface area contributed by atoms with E-state index in [0.717, 1.165) is 5.92 Å². The van der Waals surface area contributed by atoms with Gasteiger partial charge in [-0.05, 0) is 47.1 Å². The van der Waals surface area contributed by atoms with Gasteiger partial charge in [-0.3, -0.25) is 0 Å². The van der Waals surface area contributed by atoms with Gasteiger partial charge in [-0.15, -0.1) is 0 Å². The molecule has 0 saturated heterocycles. The molecule has 1 atom stereocenters. The summed E-state index contributed by atoms with van der Waals surface area (Å²) in [4.78, 5) is 0. The Morgan fingerprint density at radius 1 is 0.850 bits per heavy atom. The van der Waals surface area contributed by atoms with Crippen LogP contribution in [0.2, 0.25) is 0 Å². The van der Waals surface area contributed by atoms with Gasteiger partial charge < -0.3 is 0 Å². The highest BCUT2D eigenvalue weighted by atomic mass is 32.1. The van der Waals surface area contributed by atoms with E-state index in [2.05, 4.69) is 31.5 Å². The summed E-state index contributed by atoms with van der Waals surface area (Å²) in [5.74, 6) is 0.745. The van der Waals surface area contributed by atoms with E-state index in [1.807, 2.05) is 11.3 Å². The maximum atomic E-state index is 2.38. The Bertz CT molecular complexity index is 326. The lowest BCUT2D eigenvalue weighted by molar-refractivity contribution is 0.564. The Morgan fingerprint density at radius 3 is 2.05 bits per heavy atom. The molecule has 1 aromatic rings. The molecule has 0 spiro atoms. The van der Waals surface area contributed by atoms with Crippen molar-refractivity contribution in [3.05, 3.63) is 21.9 Å². The summed E-state index contributed by atoms with van der Waals surface area (Å²) in [7, 11) is 0. The fourth-order valence-electron chi connectivity index (χ4n) is 2.82. The summed E-state index contributed by atoms with van der Waals surface area (Å²) in [6.45, 7) is 6.95. The first-order valence-electron chi connectivity index (χ1n) is 8.84. The highest BCUT2D eigenvalue weighted by Gasteiger charge is 2.09. The Balaban J connectivity index is 2.05. The molecule has 116 valence electrons. The topological polar surface area (TPSA) is 0 Å². The number of unbranched alkanes of at least 4 members (excludes halogenated alkanes) is 8. The van der Waals surface area contributed by atoms with Gasteiger partial charge in [0.25, 0.3) is 0 Å². The van der Waals surface area contributed by atoms with Crippen LogP contribution >= 0.6 is 11.3 Å². The SMILES string of the molecule is CCCCCCCCCCCc1cscc1C(C)CC. The lowest BCUT2D eigenvalue weighted by Gasteiger charge is -2.10. The van der Waals surface area contributed by atoms with Crippen molar-refractivity contribution in [1.82, 2.24) is 0 Å². The summed E-state index contributed by atoms with van der Waals surface area (Å²) >= 11 is 1.89. The van der Waals surface area contributed by atoms with Crippen LogP contribution in [0.3, 0.4) is 0 Å². The minimum Gasteiger partial charge on any atom is -0.152 e. The number of aryl methyl sites for hydroxylation is 1. The Kier molecular flexibility index (Phi) is 10.1. The third-order valence-corrected chi connectivity index (χ3v) is 5.28. The van der Waals surface area contributed by atoms with Gasteiger partial charge in [-0.1, -0.05) is 72.1 Å². The van der Waals surface area contributed by atoms with Gasteiger partial charge in [0, 0.05) is 0 Å². The van der Waals surface area contributed by atoms with E-state index >= 15 is 0 Å². The zero-order valence-electron chi connectivity index (χ0n) is 13.9. The molecule has 20 heavy (non-hydrogen) atoms. The Hall–Kier alpha value is -0.300. The number of hydrogen-bond donors (Lipinski definition) is 0. The predicted molar refractivity (Wildman–Crippen MR) is 94.0 cm³/mol. The lowest BCUT2D eigenvalue weighted by Crippen LogP contribution is -1.95. The van der Waals surface area contributed by atoms with Crippen molar-refractivity contribution in [3.63, 3.8) is 0 Å². The number of hydrogen-bond acceptors (Lipinski definition) is 1. The lowest BCUT2D eigenvalue weighted by atomic mass is 9.95. The molecule has 1 unspecified atom stereocenters. The van der Waals surface area contributed by atoms with Crippen LogP contribution < -0.4 is 0 Å². The normalized spacial score (nSPS) is 12.8. The largest absolute Gasteiger partial charge is 0.152 e. The van der Waals surface area contributed by atoms with Crippen LogP contribution in [0.25, 0.3) is 0 Å².